The smallest absolute Gasteiger partial charge is 0.243 e. The summed E-state index contributed by atoms with van der Waals surface area (Å²) in [5.41, 5.74) is 2.14. The van der Waals surface area contributed by atoms with E-state index in [0.29, 0.717) is 37.1 Å². The summed E-state index contributed by atoms with van der Waals surface area (Å²) in [6.45, 7) is 3.90. The van der Waals surface area contributed by atoms with Crippen LogP contribution in [0.4, 0.5) is 5.69 Å². The molecule has 0 spiro atoms. The lowest BCUT2D eigenvalue weighted by Gasteiger charge is -2.37. The first-order valence-corrected chi connectivity index (χ1v) is 12.0. The summed E-state index contributed by atoms with van der Waals surface area (Å²) < 4.78 is 33.0. The summed E-state index contributed by atoms with van der Waals surface area (Å²) >= 11 is 1.84. The number of ether oxygens (including phenoxy) is 1. The number of benzene rings is 1. The average molecular weight is 417 g/mol. The molecule has 28 heavy (non-hydrogen) atoms. The van der Waals surface area contributed by atoms with Gasteiger partial charge < -0.3 is 10.1 Å². The van der Waals surface area contributed by atoms with Crippen LogP contribution >= 0.6 is 11.3 Å². The quantitative estimate of drug-likeness (QED) is 0.771. The molecular weight excluding hydrogens is 392 g/mol. The first-order chi connectivity index (χ1) is 13.5. The predicted octanol–water partition coefficient (Wildman–Crippen LogP) is 3.90. The molecule has 1 fully saturated rings. The van der Waals surface area contributed by atoms with E-state index in [0.717, 1.165) is 17.7 Å². The Morgan fingerprint density at radius 1 is 1.18 bits per heavy atom. The van der Waals surface area contributed by atoms with Crippen molar-refractivity contribution in [2.24, 2.45) is 5.92 Å². The van der Waals surface area contributed by atoms with Crippen molar-refractivity contribution in [1.29, 1.82) is 0 Å². The van der Waals surface area contributed by atoms with Gasteiger partial charge in [-0.2, -0.15) is 4.31 Å². The Labute approximate surface area is 170 Å². The number of hydrogen-bond acceptors (Lipinski definition) is 5. The number of anilines is 1. The van der Waals surface area contributed by atoms with Crippen molar-refractivity contribution < 1.29 is 13.2 Å². The van der Waals surface area contributed by atoms with Gasteiger partial charge in [0, 0.05) is 34.4 Å². The third-order valence-corrected chi connectivity index (χ3v) is 8.99. The first kappa shape index (κ1) is 18.4. The minimum Gasteiger partial charge on any atom is -0.379 e. The van der Waals surface area contributed by atoms with Crippen LogP contribution in [-0.2, 0) is 14.8 Å². The number of fused-ring (bicyclic) bond motifs is 3. The van der Waals surface area contributed by atoms with Gasteiger partial charge in [-0.25, -0.2) is 8.42 Å². The standard InChI is InChI=1S/C21H24N2O3S2/c1-14-5-8-20(27-14)21-17-4-2-3-16(17)18-13-15(6-7-19(18)22-21)28(24,25)23-9-11-26-12-10-23/h2-3,5-8,13,16-17,21-22H,4,9-12H2,1H3. The van der Waals surface area contributed by atoms with Gasteiger partial charge >= 0.3 is 0 Å². The minimum atomic E-state index is -3.48. The summed E-state index contributed by atoms with van der Waals surface area (Å²) in [4.78, 5) is 3.06. The fourth-order valence-corrected chi connectivity index (χ4v) is 7.02. The molecule has 148 valence electrons. The topological polar surface area (TPSA) is 58.6 Å². The largest absolute Gasteiger partial charge is 0.379 e. The van der Waals surface area contributed by atoms with Crippen molar-refractivity contribution in [1.82, 2.24) is 4.31 Å². The van der Waals surface area contributed by atoms with E-state index in [4.69, 9.17) is 4.74 Å². The van der Waals surface area contributed by atoms with Crippen LogP contribution < -0.4 is 5.32 Å². The van der Waals surface area contributed by atoms with E-state index < -0.39 is 10.0 Å². The molecule has 0 bridgehead atoms. The Kier molecular flexibility index (Phi) is 4.58. The normalized spacial score (nSPS) is 27.2. The molecule has 1 aliphatic carbocycles. The Bertz CT molecular complexity index is 1020. The molecule has 7 heteroatoms. The summed E-state index contributed by atoms with van der Waals surface area (Å²) in [6, 6.07) is 10.2. The number of hydrogen-bond donors (Lipinski definition) is 1. The molecule has 3 atom stereocenters. The SMILES string of the molecule is Cc1ccc(C2Nc3ccc(S(=O)(=O)N4CCOCC4)cc3C3C=CCC32)s1. The van der Waals surface area contributed by atoms with Crippen LogP contribution in [0.3, 0.4) is 0 Å². The summed E-state index contributed by atoms with van der Waals surface area (Å²) in [7, 11) is -3.48. The fourth-order valence-electron chi connectivity index (χ4n) is 4.57. The second-order valence-electron chi connectivity index (χ2n) is 7.69. The van der Waals surface area contributed by atoms with Gasteiger partial charge in [0.25, 0.3) is 0 Å². The van der Waals surface area contributed by atoms with Gasteiger partial charge in [0.1, 0.15) is 0 Å². The number of aryl methyl sites for hydroxylation is 1. The second kappa shape index (κ2) is 6.99. The molecule has 1 saturated heterocycles. The van der Waals surface area contributed by atoms with Crippen LogP contribution in [0.2, 0.25) is 0 Å². The molecule has 3 unspecified atom stereocenters. The molecule has 3 heterocycles. The Morgan fingerprint density at radius 3 is 2.75 bits per heavy atom. The van der Waals surface area contributed by atoms with Gasteiger partial charge in [-0.3, -0.25) is 0 Å². The maximum atomic E-state index is 13.1. The molecule has 1 aromatic carbocycles. The zero-order valence-electron chi connectivity index (χ0n) is 15.8. The number of sulfonamides is 1. The highest BCUT2D eigenvalue weighted by Crippen LogP contribution is 2.51. The molecule has 2 aliphatic heterocycles. The fraction of sp³-hybridized carbons (Fsp3) is 0.429. The van der Waals surface area contributed by atoms with E-state index >= 15 is 0 Å². The van der Waals surface area contributed by atoms with Gasteiger partial charge in [0.2, 0.25) is 10.0 Å². The lowest BCUT2D eigenvalue weighted by atomic mass is 9.79. The maximum Gasteiger partial charge on any atom is 0.243 e. The van der Waals surface area contributed by atoms with E-state index in [1.807, 2.05) is 23.5 Å². The van der Waals surface area contributed by atoms with E-state index in [-0.39, 0.29) is 12.0 Å². The van der Waals surface area contributed by atoms with Crippen LogP contribution in [-0.4, -0.2) is 39.0 Å². The lowest BCUT2D eigenvalue weighted by molar-refractivity contribution is 0.0730. The molecule has 0 saturated carbocycles. The maximum absolute atomic E-state index is 13.1. The average Bonchev–Trinajstić information content (AvgIpc) is 3.37. The Hall–Kier alpha value is -1.67. The van der Waals surface area contributed by atoms with Crippen molar-refractivity contribution in [3.8, 4) is 0 Å². The van der Waals surface area contributed by atoms with Gasteiger partial charge in [0.15, 0.2) is 0 Å². The van der Waals surface area contributed by atoms with Gasteiger partial charge in [-0.15, -0.1) is 11.3 Å². The Morgan fingerprint density at radius 2 is 2.00 bits per heavy atom. The van der Waals surface area contributed by atoms with Gasteiger partial charge in [0.05, 0.1) is 24.2 Å². The molecule has 1 aromatic heterocycles. The van der Waals surface area contributed by atoms with Crippen LogP contribution in [0.15, 0.2) is 47.4 Å². The zero-order valence-corrected chi connectivity index (χ0v) is 17.4. The van der Waals surface area contributed by atoms with Crippen LogP contribution in [0, 0.1) is 12.8 Å². The van der Waals surface area contributed by atoms with Crippen molar-refractivity contribution in [2.75, 3.05) is 31.6 Å². The molecular formula is C21H24N2O3S2. The lowest BCUT2D eigenvalue weighted by Crippen LogP contribution is -2.40. The number of thiophene rings is 1. The van der Waals surface area contributed by atoms with Crippen molar-refractivity contribution in [2.45, 2.75) is 30.2 Å². The van der Waals surface area contributed by atoms with Crippen molar-refractivity contribution in [3.63, 3.8) is 0 Å². The molecule has 0 radical (unpaired) electrons. The van der Waals surface area contributed by atoms with Crippen molar-refractivity contribution in [3.05, 3.63) is 57.8 Å². The highest BCUT2D eigenvalue weighted by atomic mass is 32.2. The molecule has 2 aromatic rings. The molecule has 5 nitrogen and oxygen atoms in total. The Balaban J connectivity index is 1.51. The van der Waals surface area contributed by atoms with E-state index in [2.05, 4.69) is 36.5 Å². The van der Waals surface area contributed by atoms with Gasteiger partial charge in [-0.1, -0.05) is 12.2 Å². The highest BCUT2D eigenvalue weighted by Gasteiger charge is 2.39. The van der Waals surface area contributed by atoms with E-state index in [1.165, 1.54) is 14.1 Å². The van der Waals surface area contributed by atoms with E-state index in [1.54, 1.807) is 6.07 Å². The molecule has 0 amide bonds. The molecule has 1 N–H and O–H groups in total. The minimum absolute atomic E-state index is 0.253. The third kappa shape index (κ3) is 3.01. The summed E-state index contributed by atoms with van der Waals surface area (Å²) in [5, 5.41) is 3.70. The zero-order chi connectivity index (χ0) is 19.3. The summed E-state index contributed by atoms with van der Waals surface area (Å²) in [5.74, 6) is 0.676. The third-order valence-electron chi connectivity index (χ3n) is 6.01. The number of nitrogens with zero attached hydrogens (tertiary/aromatic N) is 1. The predicted molar refractivity (Wildman–Crippen MR) is 111 cm³/mol. The van der Waals surface area contributed by atoms with Crippen LogP contribution in [0.5, 0.6) is 0 Å². The number of nitrogens with one attached hydrogen (secondary N) is 1. The van der Waals surface area contributed by atoms with Crippen LogP contribution in [0.25, 0.3) is 0 Å². The number of morpholine rings is 1. The number of allylic oxidation sites excluding steroid dienone is 2. The number of rotatable bonds is 3. The van der Waals surface area contributed by atoms with Crippen molar-refractivity contribution >= 4 is 27.0 Å². The van der Waals surface area contributed by atoms with E-state index in [9.17, 15) is 8.42 Å². The highest BCUT2D eigenvalue weighted by molar-refractivity contribution is 7.89. The first-order valence-electron chi connectivity index (χ1n) is 9.75. The second-order valence-corrected chi connectivity index (χ2v) is 10.9. The molecule has 3 aliphatic rings. The monoisotopic (exact) mass is 416 g/mol. The van der Waals surface area contributed by atoms with Gasteiger partial charge in [-0.05, 0) is 55.2 Å². The summed E-state index contributed by atoms with van der Waals surface area (Å²) in [6.07, 6.45) is 5.50. The molecule has 5 rings (SSSR count). The van der Waals surface area contributed by atoms with Crippen LogP contribution in [0.1, 0.15) is 33.7 Å².